The monoisotopic (exact) mass is 383 g/mol. The lowest BCUT2D eigenvalue weighted by atomic mass is 10.1. The molecule has 144 valence electrons. The fourth-order valence-electron chi connectivity index (χ4n) is 3.36. The van der Waals surface area contributed by atoms with E-state index in [1.807, 2.05) is 4.90 Å². The van der Waals surface area contributed by atoms with Crippen LogP contribution in [0.15, 0.2) is 18.2 Å². The average Bonchev–Trinajstić information content (AvgIpc) is 3.15. The molecule has 2 fully saturated rings. The van der Waals surface area contributed by atoms with E-state index in [4.69, 9.17) is 25.8 Å². The first-order valence-electron chi connectivity index (χ1n) is 8.89. The van der Waals surface area contributed by atoms with Gasteiger partial charge >= 0.3 is 0 Å². The second-order valence-corrected chi connectivity index (χ2v) is 7.07. The summed E-state index contributed by atoms with van der Waals surface area (Å²) in [4.78, 5) is 14.6. The Kier molecular flexibility index (Phi) is 6.58. The molecule has 2 aliphatic heterocycles. The number of nitrogens with zero attached hydrogens (tertiary/aromatic N) is 1. The van der Waals surface area contributed by atoms with E-state index in [0.717, 1.165) is 19.4 Å². The smallest absolute Gasteiger partial charge is 0.241 e. The van der Waals surface area contributed by atoms with E-state index in [1.165, 1.54) is 0 Å². The van der Waals surface area contributed by atoms with E-state index >= 15 is 0 Å². The number of hydrazine groups is 1. The number of methoxy groups -OCH3 is 2. The highest BCUT2D eigenvalue weighted by Crippen LogP contribution is 2.29. The highest BCUT2D eigenvalue weighted by molar-refractivity contribution is 6.32. The van der Waals surface area contributed by atoms with Gasteiger partial charge in [0.05, 0.1) is 24.3 Å². The van der Waals surface area contributed by atoms with Crippen LogP contribution in [0.3, 0.4) is 0 Å². The number of amides is 1. The molecule has 1 aromatic carbocycles. The summed E-state index contributed by atoms with van der Waals surface area (Å²) in [5.41, 5.74) is 6.23. The number of halogens is 1. The van der Waals surface area contributed by atoms with Gasteiger partial charge in [0.15, 0.2) is 0 Å². The van der Waals surface area contributed by atoms with Gasteiger partial charge in [0.1, 0.15) is 24.1 Å². The highest BCUT2D eigenvalue weighted by atomic mass is 35.5. The SMILES string of the molecule is COc1ccc(OCC2CC(C(=O)N3CCCC(OC)C3)NN2)c(Cl)c1. The van der Waals surface area contributed by atoms with Crippen LogP contribution in [0.4, 0.5) is 0 Å². The Balaban J connectivity index is 1.48. The summed E-state index contributed by atoms with van der Waals surface area (Å²) in [6.45, 7) is 1.87. The second kappa shape index (κ2) is 8.90. The van der Waals surface area contributed by atoms with Crippen LogP contribution in [0.5, 0.6) is 11.5 Å². The van der Waals surface area contributed by atoms with E-state index in [1.54, 1.807) is 32.4 Å². The molecule has 2 saturated heterocycles. The van der Waals surface area contributed by atoms with Crippen molar-refractivity contribution in [3.63, 3.8) is 0 Å². The van der Waals surface area contributed by atoms with Crippen molar-refractivity contribution in [2.24, 2.45) is 0 Å². The molecule has 3 atom stereocenters. The van der Waals surface area contributed by atoms with Crippen LogP contribution in [0, 0.1) is 0 Å². The fourth-order valence-corrected chi connectivity index (χ4v) is 3.59. The molecule has 0 spiro atoms. The first-order valence-corrected chi connectivity index (χ1v) is 9.27. The summed E-state index contributed by atoms with van der Waals surface area (Å²) < 4.78 is 16.3. The Labute approximate surface area is 158 Å². The number of ether oxygens (including phenoxy) is 3. The zero-order chi connectivity index (χ0) is 18.5. The lowest BCUT2D eigenvalue weighted by molar-refractivity contribution is -0.136. The minimum absolute atomic E-state index is 0.0325. The predicted octanol–water partition coefficient (Wildman–Crippen LogP) is 1.60. The number of likely N-dealkylation sites (tertiary alicyclic amines) is 1. The Bertz CT molecular complexity index is 630. The number of hydrogen-bond acceptors (Lipinski definition) is 6. The summed E-state index contributed by atoms with van der Waals surface area (Å²) >= 11 is 6.19. The van der Waals surface area contributed by atoms with Gasteiger partial charge < -0.3 is 19.1 Å². The molecule has 3 unspecified atom stereocenters. The molecule has 1 amide bonds. The first kappa shape index (κ1) is 19.2. The van der Waals surface area contributed by atoms with Crippen molar-refractivity contribution < 1.29 is 19.0 Å². The van der Waals surface area contributed by atoms with Crippen molar-refractivity contribution in [1.29, 1.82) is 0 Å². The molecule has 0 radical (unpaired) electrons. The number of carbonyl (C=O) groups is 1. The summed E-state index contributed by atoms with van der Waals surface area (Å²) in [6.07, 6.45) is 2.79. The maximum absolute atomic E-state index is 12.7. The molecule has 2 aliphatic rings. The van der Waals surface area contributed by atoms with Gasteiger partial charge in [0.25, 0.3) is 0 Å². The minimum Gasteiger partial charge on any atom is -0.497 e. The third kappa shape index (κ3) is 4.59. The quantitative estimate of drug-likeness (QED) is 0.777. The molecular weight excluding hydrogens is 358 g/mol. The largest absolute Gasteiger partial charge is 0.497 e. The van der Waals surface area contributed by atoms with Gasteiger partial charge in [-0.15, -0.1) is 0 Å². The normalized spacial score (nSPS) is 26.0. The van der Waals surface area contributed by atoms with Crippen LogP contribution in [0.25, 0.3) is 0 Å². The third-order valence-corrected chi connectivity index (χ3v) is 5.18. The van der Waals surface area contributed by atoms with Crippen molar-refractivity contribution in [3.8, 4) is 11.5 Å². The summed E-state index contributed by atoms with van der Waals surface area (Å²) in [6, 6.07) is 5.09. The van der Waals surface area contributed by atoms with Crippen LogP contribution < -0.4 is 20.3 Å². The van der Waals surface area contributed by atoms with Gasteiger partial charge in [0.2, 0.25) is 5.91 Å². The van der Waals surface area contributed by atoms with Crippen molar-refractivity contribution in [3.05, 3.63) is 23.2 Å². The molecule has 8 heteroatoms. The fraction of sp³-hybridized carbons (Fsp3) is 0.611. The van der Waals surface area contributed by atoms with E-state index in [9.17, 15) is 4.79 Å². The van der Waals surface area contributed by atoms with Gasteiger partial charge in [-0.3, -0.25) is 10.2 Å². The molecule has 2 N–H and O–H groups in total. The minimum atomic E-state index is -0.245. The maximum Gasteiger partial charge on any atom is 0.241 e. The zero-order valence-corrected chi connectivity index (χ0v) is 15.9. The average molecular weight is 384 g/mol. The lowest BCUT2D eigenvalue weighted by Gasteiger charge is -2.33. The Morgan fingerprint density at radius 3 is 2.92 bits per heavy atom. The van der Waals surface area contributed by atoms with Gasteiger partial charge in [-0.1, -0.05) is 11.6 Å². The Hall–Kier alpha value is -1.54. The van der Waals surface area contributed by atoms with E-state index < -0.39 is 0 Å². The summed E-state index contributed by atoms with van der Waals surface area (Å²) in [5, 5.41) is 0.502. The van der Waals surface area contributed by atoms with Gasteiger partial charge in [-0.2, -0.15) is 0 Å². The van der Waals surface area contributed by atoms with Crippen LogP contribution in [0.1, 0.15) is 19.3 Å². The molecule has 3 rings (SSSR count). The van der Waals surface area contributed by atoms with Crippen molar-refractivity contribution in [2.75, 3.05) is 33.9 Å². The number of hydrogen-bond donors (Lipinski definition) is 2. The van der Waals surface area contributed by atoms with Crippen LogP contribution in [-0.2, 0) is 9.53 Å². The molecule has 0 aromatic heterocycles. The molecule has 0 aliphatic carbocycles. The number of piperidine rings is 1. The molecule has 7 nitrogen and oxygen atoms in total. The standard InChI is InChI=1S/C18H26ClN3O4/c1-24-13-5-6-17(15(19)9-13)26-11-12-8-16(21-20-12)18(23)22-7-3-4-14(10-22)25-2/h5-6,9,12,14,16,20-21H,3-4,7-8,10-11H2,1-2H3. The van der Waals surface area contributed by atoms with E-state index in [0.29, 0.717) is 36.1 Å². The Morgan fingerprint density at radius 1 is 1.35 bits per heavy atom. The molecule has 26 heavy (non-hydrogen) atoms. The van der Waals surface area contributed by atoms with Gasteiger partial charge in [-0.05, 0) is 31.4 Å². The number of carbonyl (C=O) groups excluding carboxylic acids is 1. The number of benzene rings is 1. The van der Waals surface area contributed by atoms with Crippen LogP contribution in [0.2, 0.25) is 5.02 Å². The van der Waals surface area contributed by atoms with Crippen LogP contribution >= 0.6 is 11.6 Å². The third-order valence-electron chi connectivity index (χ3n) is 4.88. The van der Waals surface area contributed by atoms with E-state index in [-0.39, 0.29) is 24.1 Å². The van der Waals surface area contributed by atoms with Gasteiger partial charge in [0, 0.05) is 26.3 Å². The van der Waals surface area contributed by atoms with Crippen molar-refractivity contribution in [2.45, 2.75) is 37.5 Å². The summed E-state index contributed by atoms with van der Waals surface area (Å²) in [5.74, 6) is 1.40. The molecule has 2 heterocycles. The molecule has 0 bridgehead atoms. The van der Waals surface area contributed by atoms with Crippen LogP contribution in [-0.4, -0.2) is 62.9 Å². The zero-order valence-electron chi connectivity index (χ0n) is 15.2. The predicted molar refractivity (Wildman–Crippen MR) is 98.6 cm³/mol. The van der Waals surface area contributed by atoms with E-state index in [2.05, 4.69) is 10.9 Å². The van der Waals surface area contributed by atoms with Crippen molar-refractivity contribution >= 4 is 17.5 Å². The van der Waals surface area contributed by atoms with Crippen molar-refractivity contribution in [1.82, 2.24) is 15.8 Å². The number of rotatable bonds is 6. The molecular formula is C18H26ClN3O4. The Morgan fingerprint density at radius 2 is 2.19 bits per heavy atom. The number of nitrogens with one attached hydrogen (secondary N) is 2. The maximum atomic E-state index is 12.7. The molecule has 0 saturated carbocycles. The first-order chi connectivity index (χ1) is 12.6. The molecule has 1 aromatic rings. The second-order valence-electron chi connectivity index (χ2n) is 6.67. The topological polar surface area (TPSA) is 72.1 Å². The lowest BCUT2D eigenvalue weighted by Crippen LogP contribution is -2.50. The summed E-state index contributed by atoms with van der Waals surface area (Å²) in [7, 11) is 3.29. The van der Waals surface area contributed by atoms with Gasteiger partial charge in [-0.25, -0.2) is 5.43 Å². The highest BCUT2D eigenvalue weighted by Gasteiger charge is 2.34.